The Labute approximate surface area is 89.6 Å². The van der Waals surface area contributed by atoms with Crippen LogP contribution in [-0.4, -0.2) is 38.8 Å². The summed E-state index contributed by atoms with van der Waals surface area (Å²) in [5.41, 5.74) is 0.532. The van der Waals surface area contributed by atoms with Crippen molar-refractivity contribution < 1.29 is 4.74 Å². The molecule has 0 aromatic carbocycles. The Morgan fingerprint density at radius 3 is 1.86 bits per heavy atom. The first-order chi connectivity index (χ1) is 6.17. The van der Waals surface area contributed by atoms with Gasteiger partial charge in [-0.05, 0) is 24.9 Å². The molecule has 14 heavy (non-hydrogen) atoms. The topological polar surface area (TPSA) is 12.5 Å². The van der Waals surface area contributed by atoms with E-state index in [1.165, 1.54) is 0 Å². The maximum absolute atomic E-state index is 5.69. The molecule has 0 saturated heterocycles. The molecule has 0 aromatic rings. The molecule has 0 atom stereocenters. The van der Waals surface area contributed by atoms with Gasteiger partial charge in [0.25, 0.3) is 0 Å². The van der Waals surface area contributed by atoms with E-state index in [4.69, 9.17) is 4.74 Å². The zero-order valence-corrected chi connectivity index (χ0v) is 11.0. The smallest absolute Gasteiger partial charge is 0.0593 e. The first-order valence-electron chi connectivity index (χ1n) is 5.39. The molecule has 0 rings (SSSR count). The van der Waals surface area contributed by atoms with Gasteiger partial charge in [-0.3, -0.25) is 0 Å². The summed E-state index contributed by atoms with van der Waals surface area (Å²) >= 11 is 0. The van der Waals surface area contributed by atoms with E-state index in [-0.39, 0.29) is 5.41 Å². The van der Waals surface area contributed by atoms with E-state index >= 15 is 0 Å². The molecule has 0 fully saturated rings. The van der Waals surface area contributed by atoms with Crippen LogP contribution in [0.2, 0.25) is 0 Å². The quantitative estimate of drug-likeness (QED) is 0.634. The molecule has 0 unspecified atom stereocenters. The van der Waals surface area contributed by atoms with Crippen molar-refractivity contribution in [2.45, 2.75) is 34.6 Å². The van der Waals surface area contributed by atoms with Crippen LogP contribution < -0.4 is 0 Å². The molecule has 0 amide bonds. The van der Waals surface area contributed by atoms with Crippen molar-refractivity contribution in [2.75, 3.05) is 33.9 Å². The molecule has 0 aliphatic heterocycles. The van der Waals surface area contributed by atoms with Crippen molar-refractivity contribution in [1.82, 2.24) is 4.90 Å². The summed E-state index contributed by atoms with van der Waals surface area (Å²) in [5.74, 6) is 0. The summed E-state index contributed by atoms with van der Waals surface area (Å²) < 4.78 is 5.69. The fourth-order valence-electron chi connectivity index (χ4n) is 0.791. The van der Waals surface area contributed by atoms with Gasteiger partial charge in [-0.1, -0.05) is 34.6 Å². The first-order valence-corrected chi connectivity index (χ1v) is 5.39. The second-order valence-electron chi connectivity index (χ2n) is 5.99. The Morgan fingerprint density at radius 1 is 1.00 bits per heavy atom. The summed E-state index contributed by atoms with van der Waals surface area (Å²) in [6.07, 6.45) is 0. The average Bonchev–Trinajstić information content (AvgIpc) is 1.95. The van der Waals surface area contributed by atoms with E-state index in [0.29, 0.717) is 5.41 Å². The Morgan fingerprint density at radius 2 is 1.50 bits per heavy atom. The van der Waals surface area contributed by atoms with Crippen LogP contribution >= 0.6 is 0 Å². The highest BCUT2D eigenvalue weighted by Gasteiger charge is 2.32. The monoisotopic (exact) mass is 201 g/mol. The molecule has 0 aromatic heterocycles. The van der Waals surface area contributed by atoms with E-state index < -0.39 is 0 Å². The number of hydrogen-bond acceptors (Lipinski definition) is 2. The molecule has 86 valence electrons. The van der Waals surface area contributed by atoms with Gasteiger partial charge in [0.05, 0.1) is 13.2 Å². The largest absolute Gasteiger partial charge is 0.380 e. The van der Waals surface area contributed by atoms with Crippen LogP contribution in [0.25, 0.3) is 0 Å². The van der Waals surface area contributed by atoms with Gasteiger partial charge in [0.15, 0.2) is 0 Å². The molecule has 0 bridgehead atoms. The number of ether oxygens (including phenoxy) is 1. The van der Waals surface area contributed by atoms with Crippen LogP contribution in [0.5, 0.6) is 0 Å². The lowest BCUT2D eigenvalue weighted by Gasteiger charge is -2.38. The van der Waals surface area contributed by atoms with Crippen LogP contribution in [0.1, 0.15) is 34.6 Å². The number of likely N-dealkylation sites (N-methyl/N-ethyl adjacent to an activating group) is 1. The van der Waals surface area contributed by atoms with Gasteiger partial charge in [0, 0.05) is 6.54 Å². The summed E-state index contributed by atoms with van der Waals surface area (Å²) in [5, 5.41) is 0. The van der Waals surface area contributed by atoms with Crippen LogP contribution in [0, 0.1) is 10.8 Å². The zero-order valence-electron chi connectivity index (χ0n) is 11.0. The first kappa shape index (κ1) is 13.9. The third kappa shape index (κ3) is 4.97. The standard InChI is InChI=1S/C12H27NO/c1-11(2,3)12(4,5)10-14-9-8-13(6)7/h8-10H2,1-7H3. The SMILES string of the molecule is CN(C)CCOCC(C)(C)C(C)(C)C. The van der Waals surface area contributed by atoms with E-state index in [1.807, 2.05) is 0 Å². The summed E-state index contributed by atoms with van der Waals surface area (Å²) in [4.78, 5) is 2.14. The summed E-state index contributed by atoms with van der Waals surface area (Å²) in [6.45, 7) is 14.0. The number of nitrogens with zero attached hydrogens (tertiary/aromatic N) is 1. The third-order valence-corrected chi connectivity index (χ3v) is 3.18. The van der Waals surface area contributed by atoms with Gasteiger partial charge in [0.1, 0.15) is 0 Å². The molecule has 2 heteroatoms. The number of hydrogen-bond donors (Lipinski definition) is 0. The normalized spacial score (nSPS) is 13.7. The van der Waals surface area contributed by atoms with Gasteiger partial charge in [-0.25, -0.2) is 0 Å². The van der Waals surface area contributed by atoms with E-state index in [2.05, 4.69) is 53.6 Å². The molecule has 0 saturated carbocycles. The molecule has 0 spiro atoms. The van der Waals surface area contributed by atoms with Gasteiger partial charge in [-0.2, -0.15) is 0 Å². The van der Waals surface area contributed by atoms with Crippen LogP contribution in [-0.2, 0) is 4.74 Å². The minimum atomic E-state index is 0.235. The molecule has 2 nitrogen and oxygen atoms in total. The lowest BCUT2D eigenvalue weighted by atomic mass is 9.70. The van der Waals surface area contributed by atoms with Crippen molar-refractivity contribution in [3.05, 3.63) is 0 Å². The highest BCUT2D eigenvalue weighted by Crippen LogP contribution is 2.37. The Balaban J connectivity index is 3.78. The zero-order chi connectivity index (χ0) is 11.4. The fraction of sp³-hybridized carbons (Fsp3) is 1.00. The Hall–Kier alpha value is -0.0800. The second kappa shape index (κ2) is 5.13. The van der Waals surface area contributed by atoms with Gasteiger partial charge in [0.2, 0.25) is 0 Å². The molecule has 0 radical (unpaired) electrons. The van der Waals surface area contributed by atoms with E-state index in [9.17, 15) is 0 Å². The van der Waals surface area contributed by atoms with E-state index in [1.54, 1.807) is 0 Å². The predicted molar refractivity (Wildman–Crippen MR) is 62.6 cm³/mol. The van der Waals surface area contributed by atoms with Crippen molar-refractivity contribution in [3.8, 4) is 0 Å². The summed E-state index contributed by atoms with van der Waals surface area (Å²) in [6, 6.07) is 0. The Bertz CT molecular complexity index is 156. The predicted octanol–water partition coefficient (Wildman–Crippen LogP) is 2.64. The maximum Gasteiger partial charge on any atom is 0.0593 e. The maximum atomic E-state index is 5.69. The van der Waals surface area contributed by atoms with Crippen LogP contribution in [0.4, 0.5) is 0 Å². The molecule has 0 heterocycles. The second-order valence-corrected chi connectivity index (χ2v) is 5.99. The highest BCUT2D eigenvalue weighted by molar-refractivity contribution is 4.81. The Kier molecular flexibility index (Phi) is 5.10. The molecule has 0 aliphatic rings. The lowest BCUT2D eigenvalue weighted by molar-refractivity contribution is -0.00416. The minimum absolute atomic E-state index is 0.235. The van der Waals surface area contributed by atoms with Gasteiger partial charge < -0.3 is 9.64 Å². The third-order valence-electron chi connectivity index (χ3n) is 3.18. The number of rotatable bonds is 5. The molecular formula is C12H27NO. The van der Waals surface area contributed by atoms with Crippen molar-refractivity contribution in [3.63, 3.8) is 0 Å². The van der Waals surface area contributed by atoms with Crippen LogP contribution in [0.15, 0.2) is 0 Å². The summed E-state index contributed by atoms with van der Waals surface area (Å²) in [7, 11) is 4.14. The van der Waals surface area contributed by atoms with E-state index in [0.717, 1.165) is 19.8 Å². The average molecular weight is 201 g/mol. The van der Waals surface area contributed by atoms with Gasteiger partial charge >= 0.3 is 0 Å². The van der Waals surface area contributed by atoms with Crippen LogP contribution in [0.3, 0.4) is 0 Å². The van der Waals surface area contributed by atoms with Crippen molar-refractivity contribution in [1.29, 1.82) is 0 Å². The lowest BCUT2D eigenvalue weighted by Crippen LogP contribution is -2.35. The fourth-order valence-corrected chi connectivity index (χ4v) is 0.791. The highest BCUT2D eigenvalue weighted by atomic mass is 16.5. The molecule has 0 aliphatic carbocycles. The minimum Gasteiger partial charge on any atom is -0.380 e. The van der Waals surface area contributed by atoms with Crippen molar-refractivity contribution in [2.24, 2.45) is 10.8 Å². The molecule has 0 N–H and O–H groups in total. The van der Waals surface area contributed by atoms with Crippen molar-refractivity contribution >= 4 is 0 Å². The molecular weight excluding hydrogens is 174 g/mol. The van der Waals surface area contributed by atoms with Gasteiger partial charge in [-0.15, -0.1) is 0 Å².